The lowest BCUT2D eigenvalue weighted by atomic mass is 9.69. The number of piperidine rings is 1. The number of para-hydroxylation sites is 1. The Hall–Kier alpha value is -2.76. The van der Waals surface area contributed by atoms with Gasteiger partial charge >= 0.3 is 0 Å². The van der Waals surface area contributed by atoms with Crippen LogP contribution in [0.25, 0.3) is 10.9 Å². The minimum Gasteiger partial charge on any atom is -0.351 e. The summed E-state index contributed by atoms with van der Waals surface area (Å²) in [6.45, 7) is 5.75. The third kappa shape index (κ3) is 3.71. The third-order valence-electron chi connectivity index (χ3n) is 6.75. The molecule has 3 heterocycles. The first kappa shape index (κ1) is 19.2. The van der Waals surface area contributed by atoms with Crippen LogP contribution in [0, 0.1) is 0 Å². The molecule has 2 N–H and O–H groups in total. The lowest BCUT2D eigenvalue weighted by Crippen LogP contribution is -2.51. The van der Waals surface area contributed by atoms with Crippen LogP contribution >= 0.6 is 0 Å². The zero-order chi connectivity index (χ0) is 20.4. The average molecular weight is 401 g/mol. The van der Waals surface area contributed by atoms with Gasteiger partial charge in [-0.15, -0.1) is 0 Å². The molecule has 30 heavy (non-hydrogen) atoms. The summed E-state index contributed by atoms with van der Waals surface area (Å²) >= 11 is 0. The molecule has 5 rings (SSSR count). The molecule has 0 radical (unpaired) electrons. The summed E-state index contributed by atoms with van der Waals surface area (Å²) in [7, 11) is 0. The van der Waals surface area contributed by atoms with Gasteiger partial charge < -0.3 is 15.5 Å². The summed E-state index contributed by atoms with van der Waals surface area (Å²) in [4.78, 5) is 19.4. The molecule has 1 aromatic heterocycles. The van der Waals surface area contributed by atoms with Crippen molar-refractivity contribution in [2.75, 3.05) is 32.7 Å². The summed E-state index contributed by atoms with van der Waals surface area (Å²) in [5.74, 6) is -0.0489. The number of fused-ring (bicyclic) bond motifs is 3. The zero-order valence-electron chi connectivity index (χ0n) is 17.2. The van der Waals surface area contributed by atoms with E-state index in [0.717, 1.165) is 43.6 Å². The molecule has 0 unspecified atom stereocenters. The molecule has 5 nitrogen and oxygen atoms in total. The fourth-order valence-electron chi connectivity index (χ4n) is 5.00. The van der Waals surface area contributed by atoms with E-state index in [2.05, 4.69) is 44.8 Å². The standard InChI is InChI=1S/C25H28N4O/c30-24(21-15-19-5-2-4-8-23(19)28-17-21)27-11-14-29-12-9-25(10-13-29)18-26-16-20-6-1-3-7-22(20)25/h1-8,15,17,26H,9-14,16,18H2,(H,27,30). The highest BCUT2D eigenvalue weighted by atomic mass is 16.1. The van der Waals surface area contributed by atoms with Gasteiger partial charge in [-0.05, 0) is 49.2 Å². The van der Waals surface area contributed by atoms with E-state index in [4.69, 9.17) is 0 Å². The molecule has 3 aromatic rings. The number of carbonyl (C=O) groups is 1. The number of benzene rings is 2. The van der Waals surface area contributed by atoms with E-state index in [1.54, 1.807) is 11.8 Å². The Labute approximate surface area is 177 Å². The Morgan fingerprint density at radius 1 is 1.10 bits per heavy atom. The maximum atomic E-state index is 12.5. The lowest BCUT2D eigenvalue weighted by molar-refractivity contribution is 0.0940. The van der Waals surface area contributed by atoms with Crippen LogP contribution in [0.15, 0.2) is 60.8 Å². The van der Waals surface area contributed by atoms with E-state index in [0.29, 0.717) is 12.1 Å². The first-order valence-corrected chi connectivity index (χ1v) is 10.9. The molecule has 5 heteroatoms. The Bertz CT molecular complexity index is 1060. The minimum atomic E-state index is -0.0489. The molecule has 0 aliphatic carbocycles. The molecule has 1 spiro atoms. The summed E-state index contributed by atoms with van der Waals surface area (Å²) in [5.41, 5.74) is 4.80. The van der Waals surface area contributed by atoms with Crippen LogP contribution in [0.3, 0.4) is 0 Å². The van der Waals surface area contributed by atoms with Crippen molar-refractivity contribution in [1.82, 2.24) is 20.5 Å². The quantitative estimate of drug-likeness (QED) is 0.707. The van der Waals surface area contributed by atoms with Gasteiger partial charge in [-0.3, -0.25) is 9.78 Å². The van der Waals surface area contributed by atoms with Crippen molar-refractivity contribution in [2.24, 2.45) is 0 Å². The molecule has 1 amide bonds. The van der Waals surface area contributed by atoms with Gasteiger partial charge in [0.05, 0.1) is 11.1 Å². The number of aromatic nitrogens is 1. The molecule has 2 aromatic carbocycles. The van der Waals surface area contributed by atoms with Gasteiger partial charge in [0.25, 0.3) is 5.91 Å². The number of likely N-dealkylation sites (tertiary alicyclic amines) is 1. The van der Waals surface area contributed by atoms with Crippen LogP contribution in [0.2, 0.25) is 0 Å². The second-order valence-electron chi connectivity index (χ2n) is 8.56. The molecule has 1 saturated heterocycles. The molecule has 0 saturated carbocycles. The second-order valence-corrected chi connectivity index (χ2v) is 8.56. The van der Waals surface area contributed by atoms with E-state index in [-0.39, 0.29) is 11.3 Å². The normalized spacial score (nSPS) is 18.3. The number of amides is 1. The first-order valence-electron chi connectivity index (χ1n) is 10.9. The van der Waals surface area contributed by atoms with Crippen LogP contribution in [-0.2, 0) is 12.0 Å². The Balaban J connectivity index is 1.15. The van der Waals surface area contributed by atoms with Crippen molar-refractivity contribution >= 4 is 16.8 Å². The fraction of sp³-hybridized carbons (Fsp3) is 0.360. The van der Waals surface area contributed by atoms with Crippen LogP contribution in [-0.4, -0.2) is 48.5 Å². The van der Waals surface area contributed by atoms with Gasteiger partial charge in [-0.2, -0.15) is 0 Å². The number of nitrogens with one attached hydrogen (secondary N) is 2. The Morgan fingerprint density at radius 2 is 1.90 bits per heavy atom. The molecule has 0 bridgehead atoms. The van der Waals surface area contributed by atoms with Crippen molar-refractivity contribution < 1.29 is 4.79 Å². The maximum absolute atomic E-state index is 12.5. The fourth-order valence-corrected chi connectivity index (χ4v) is 5.00. The SMILES string of the molecule is O=C(NCCN1CCC2(CC1)CNCc1ccccc12)c1cnc2ccccc2c1. The number of pyridine rings is 1. The van der Waals surface area contributed by atoms with E-state index in [9.17, 15) is 4.79 Å². The van der Waals surface area contributed by atoms with E-state index >= 15 is 0 Å². The highest BCUT2D eigenvalue weighted by molar-refractivity contribution is 5.97. The van der Waals surface area contributed by atoms with E-state index < -0.39 is 0 Å². The van der Waals surface area contributed by atoms with Gasteiger partial charge in [-0.25, -0.2) is 0 Å². The monoisotopic (exact) mass is 400 g/mol. The van der Waals surface area contributed by atoms with Crippen molar-refractivity contribution in [3.05, 3.63) is 77.5 Å². The summed E-state index contributed by atoms with van der Waals surface area (Å²) in [6, 6.07) is 18.7. The second kappa shape index (κ2) is 8.17. The van der Waals surface area contributed by atoms with E-state index in [1.165, 1.54) is 18.4 Å². The van der Waals surface area contributed by atoms with E-state index in [1.807, 2.05) is 30.3 Å². The molecule has 2 aliphatic rings. The van der Waals surface area contributed by atoms with Crippen LogP contribution < -0.4 is 10.6 Å². The van der Waals surface area contributed by atoms with Crippen molar-refractivity contribution in [1.29, 1.82) is 0 Å². The lowest BCUT2D eigenvalue weighted by Gasteiger charge is -2.45. The predicted octanol–water partition coefficient (Wildman–Crippen LogP) is 3.10. The van der Waals surface area contributed by atoms with Crippen molar-refractivity contribution in [3.8, 4) is 0 Å². The zero-order valence-corrected chi connectivity index (χ0v) is 17.2. The number of nitrogens with zero attached hydrogens (tertiary/aromatic N) is 2. The number of carbonyl (C=O) groups excluding carboxylic acids is 1. The molecule has 0 atom stereocenters. The van der Waals surface area contributed by atoms with Gasteiger partial charge in [0.1, 0.15) is 0 Å². The number of hydrogen-bond donors (Lipinski definition) is 2. The molecule has 1 fully saturated rings. The maximum Gasteiger partial charge on any atom is 0.252 e. The van der Waals surface area contributed by atoms with Crippen LogP contribution in [0.5, 0.6) is 0 Å². The smallest absolute Gasteiger partial charge is 0.252 e. The number of hydrogen-bond acceptors (Lipinski definition) is 4. The molecular weight excluding hydrogens is 372 g/mol. The topological polar surface area (TPSA) is 57.3 Å². The van der Waals surface area contributed by atoms with Crippen molar-refractivity contribution in [3.63, 3.8) is 0 Å². The summed E-state index contributed by atoms with van der Waals surface area (Å²) < 4.78 is 0. The molecule has 2 aliphatic heterocycles. The highest BCUT2D eigenvalue weighted by Gasteiger charge is 2.39. The summed E-state index contributed by atoms with van der Waals surface area (Å²) in [6.07, 6.45) is 3.99. The van der Waals surface area contributed by atoms with Gasteiger partial charge in [0.15, 0.2) is 0 Å². The van der Waals surface area contributed by atoms with Crippen LogP contribution in [0.4, 0.5) is 0 Å². The largest absolute Gasteiger partial charge is 0.351 e. The first-order chi connectivity index (χ1) is 14.7. The number of rotatable bonds is 4. The summed E-state index contributed by atoms with van der Waals surface area (Å²) in [5, 5.41) is 7.68. The van der Waals surface area contributed by atoms with Gasteiger partial charge in [0.2, 0.25) is 0 Å². The molecule has 154 valence electrons. The van der Waals surface area contributed by atoms with Gasteiger partial charge in [-0.1, -0.05) is 42.5 Å². The van der Waals surface area contributed by atoms with Gasteiger partial charge in [0, 0.05) is 43.2 Å². The third-order valence-corrected chi connectivity index (χ3v) is 6.75. The minimum absolute atomic E-state index is 0.0489. The Kier molecular flexibility index (Phi) is 5.23. The average Bonchev–Trinajstić information content (AvgIpc) is 2.80. The Morgan fingerprint density at radius 3 is 2.80 bits per heavy atom. The van der Waals surface area contributed by atoms with Crippen LogP contribution in [0.1, 0.15) is 34.3 Å². The predicted molar refractivity (Wildman–Crippen MR) is 120 cm³/mol. The highest BCUT2D eigenvalue weighted by Crippen LogP contribution is 2.39. The van der Waals surface area contributed by atoms with Crippen molar-refractivity contribution in [2.45, 2.75) is 24.8 Å². The molecular formula is C25H28N4O.